The number of amides is 2. The minimum atomic E-state index is -0.272. The molecule has 0 spiro atoms. The number of thiocarbonyl (C=S) groups is 1. The summed E-state index contributed by atoms with van der Waals surface area (Å²) in [6.45, 7) is 3.84. The molecule has 0 atom stereocenters. The molecule has 2 aromatic carbocycles. The molecular formula is C22H20N2O2S2. The van der Waals surface area contributed by atoms with Gasteiger partial charge < -0.3 is 5.32 Å². The predicted octanol–water partition coefficient (Wildman–Crippen LogP) is 4.70. The number of hydrogen-bond acceptors (Lipinski definition) is 4. The number of carbonyl (C=O) groups is 2. The van der Waals surface area contributed by atoms with Crippen LogP contribution in [0.3, 0.4) is 0 Å². The van der Waals surface area contributed by atoms with Crippen LogP contribution in [0.4, 0.5) is 5.69 Å². The minimum Gasteiger partial charge on any atom is -0.324 e. The Hall–Kier alpha value is -2.70. The summed E-state index contributed by atoms with van der Waals surface area (Å²) in [5, 5.41) is 2.86. The molecule has 2 aromatic rings. The molecule has 4 nitrogen and oxygen atoms in total. The van der Waals surface area contributed by atoms with Gasteiger partial charge in [0.05, 0.1) is 4.91 Å². The number of benzene rings is 2. The van der Waals surface area contributed by atoms with E-state index >= 15 is 0 Å². The van der Waals surface area contributed by atoms with Gasteiger partial charge in [-0.3, -0.25) is 14.5 Å². The molecule has 142 valence electrons. The summed E-state index contributed by atoms with van der Waals surface area (Å²) in [4.78, 5) is 26.9. The van der Waals surface area contributed by atoms with Gasteiger partial charge in [-0.1, -0.05) is 78.6 Å². The number of hydrogen-bond donors (Lipinski definition) is 1. The van der Waals surface area contributed by atoms with Crippen molar-refractivity contribution < 1.29 is 9.59 Å². The number of thioether (sulfide) groups is 1. The van der Waals surface area contributed by atoms with E-state index in [1.165, 1.54) is 16.7 Å². The van der Waals surface area contributed by atoms with Crippen molar-refractivity contribution in [2.24, 2.45) is 0 Å². The molecule has 1 aliphatic heterocycles. The summed E-state index contributed by atoms with van der Waals surface area (Å²) in [5.41, 5.74) is 3.89. The third kappa shape index (κ3) is 4.77. The molecule has 0 unspecified atom stereocenters. The van der Waals surface area contributed by atoms with Gasteiger partial charge in [-0.15, -0.1) is 0 Å². The Balaban J connectivity index is 1.65. The normalized spacial score (nSPS) is 15.6. The van der Waals surface area contributed by atoms with Gasteiger partial charge in [0.1, 0.15) is 10.9 Å². The number of carbonyl (C=O) groups excluding carboxylic acids is 2. The first-order valence-electron chi connectivity index (χ1n) is 8.79. The number of nitrogens with zero attached hydrogens (tertiary/aromatic N) is 1. The number of allylic oxidation sites excluding steroid dienone is 2. The fourth-order valence-corrected chi connectivity index (χ4v) is 3.89. The first-order valence-corrected chi connectivity index (χ1v) is 10.0. The van der Waals surface area contributed by atoms with E-state index in [-0.39, 0.29) is 18.4 Å². The van der Waals surface area contributed by atoms with Crippen LogP contribution in [0.1, 0.15) is 16.7 Å². The van der Waals surface area contributed by atoms with Gasteiger partial charge in [0.25, 0.3) is 5.91 Å². The van der Waals surface area contributed by atoms with Crippen LogP contribution in [-0.4, -0.2) is 27.6 Å². The molecule has 1 N–H and O–H groups in total. The number of aryl methyl sites for hydroxylation is 1. The number of rotatable bonds is 5. The molecule has 0 aliphatic carbocycles. The molecule has 2 amide bonds. The first-order chi connectivity index (χ1) is 13.5. The van der Waals surface area contributed by atoms with Crippen molar-refractivity contribution in [1.82, 2.24) is 4.90 Å². The van der Waals surface area contributed by atoms with Crippen LogP contribution in [0.5, 0.6) is 0 Å². The monoisotopic (exact) mass is 408 g/mol. The Labute approximate surface area is 174 Å². The van der Waals surface area contributed by atoms with Gasteiger partial charge in [0.15, 0.2) is 0 Å². The first kappa shape index (κ1) is 20.0. The van der Waals surface area contributed by atoms with Gasteiger partial charge >= 0.3 is 0 Å². The zero-order valence-corrected chi connectivity index (χ0v) is 17.3. The molecular weight excluding hydrogens is 388 g/mol. The number of nitrogens with one attached hydrogen (secondary N) is 1. The molecule has 0 bridgehead atoms. The highest BCUT2D eigenvalue weighted by Crippen LogP contribution is 2.31. The van der Waals surface area contributed by atoms with Crippen LogP contribution in [0, 0.1) is 13.8 Å². The zero-order valence-electron chi connectivity index (χ0n) is 15.6. The largest absolute Gasteiger partial charge is 0.324 e. The summed E-state index contributed by atoms with van der Waals surface area (Å²) in [6, 6.07) is 15.5. The lowest BCUT2D eigenvalue weighted by atomic mass is 10.1. The highest BCUT2D eigenvalue weighted by Gasteiger charge is 2.33. The average Bonchev–Trinajstić information content (AvgIpc) is 2.94. The Kier molecular flexibility index (Phi) is 6.44. The molecule has 1 heterocycles. The topological polar surface area (TPSA) is 49.4 Å². The summed E-state index contributed by atoms with van der Waals surface area (Å²) >= 11 is 6.50. The quantitative estimate of drug-likeness (QED) is 0.576. The molecule has 6 heteroatoms. The predicted molar refractivity (Wildman–Crippen MR) is 120 cm³/mol. The summed E-state index contributed by atoms with van der Waals surface area (Å²) in [7, 11) is 0. The Morgan fingerprint density at radius 2 is 1.89 bits per heavy atom. The van der Waals surface area contributed by atoms with Crippen molar-refractivity contribution in [3.63, 3.8) is 0 Å². The second-order valence-corrected chi connectivity index (χ2v) is 8.03. The second-order valence-electron chi connectivity index (χ2n) is 6.36. The summed E-state index contributed by atoms with van der Waals surface area (Å²) in [6.07, 6.45) is 5.46. The SMILES string of the molecule is Cc1cccc(NC(=O)CN2C(=O)/C(=C/C=C/c3ccccc3)SC2=S)c1C. The summed E-state index contributed by atoms with van der Waals surface area (Å²) < 4.78 is 0.389. The lowest BCUT2D eigenvalue weighted by Gasteiger charge is -2.15. The fraction of sp³-hybridized carbons (Fsp3) is 0.136. The highest BCUT2D eigenvalue weighted by atomic mass is 32.2. The third-order valence-corrected chi connectivity index (χ3v) is 5.79. The maximum absolute atomic E-state index is 12.6. The molecule has 1 saturated heterocycles. The molecule has 3 rings (SSSR count). The Bertz CT molecular complexity index is 981. The highest BCUT2D eigenvalue weighted by molar-refractivity contribution is 8.26. The standard InChI is InChI=1S/C22H20N2O2S2/c1-15-8-6-12-18(16(15)2)23-20(25)14-24-21(26)19(28-22(24)27)13-7-11-17-9-4-3-5-10-17/h3-13H,14H2,1-2H3,(H,23,25)/b11-7+,19-13-. The van der Waals surface area contributed by atoms with Crippen molar-refractivity contribution in [2.45, 2.75) is 13.8 Å². The third-order valence-electron chi connectivity index (χ3n) is 4.39. The van der Waals surface area contributed by atoms with Crippen molar-refractivity contribution >= 4 is 51.9 Å². The van der Waals surface area contributed by atoms with E-state index in [9.17, 15) is 9.59 Å². The van der Waals surface area contributed by atoms with Crippen LogP contribution in [-0.2, 0) is 9.59 Å². The molecule has 1 fully saturated rings. The van der Waals surface area contributed by atoms with Crippen LogP contribution >= 0.6 is 24.0 Å². The second kappa shape index (κ2) is 8.99. The van der Waals surface area contributed by atoms with E-state index in [1.807, 2.05) is 74.5 Å². The van der Waals surface area contributed by atoms with Gasteiger partial charge in [-0.05, 0) is 42.7 Å². The molecule has 0 aromatic heterocycles. The molecule has 0 saturated carbocycles. The van der Waals surface area contributed by atoms with Gasteiger partial charge in [-0.2, -0.15) is 0 Å². The van der Waals surface area contributed by atoms with Crippen LogP contribution in [0.15, 0.2) is 65.6 Å². The van der Waals surface area contributed by atoms with E-state index in [4.69, 9.17) is 12.2 Å². The van der Waals surface area contributed by atoms with Crippen molar-refractivity contribution in [3.05, 3.63) is 82.3 Å². The maximum atomic E-state index is 12.6. The van der Waals surface area contributed by atoms with E-state index in [1.54, 1.807) is 6.08 Å². The average molecular weight is 409 g/mol. The molecule has 1 aliphatic rings. The van der Waals surface area contributed by atoms with E-state index in [2.05, 4.69) is 5.32 Å². The molecule has 0 radical (unpaired) electrons. The van der Waals surface area contributed by atoms with Gasteiger partial charge in [0.2, 0.25) is 5.91 Å². The van der Waals surface area contributed by atoms with Crippen LogP contribution in [0.25, 0.3) is 6.08 Å². The summed E-state index contributed by atoms with van der Waals surface area (Å²) in [5.74, 6) is -0.519. The lowest BCUT2D eigenvalue weighted by molar-refractivity contribution is -0.126. The maximum Gasteiger partial charge on any atom is 0.266 e. The van der Waals surface area contributed by atoms with Crippen molar-refractivity contribution in [3.8, 4) is 0 Å². The Morgan fingerprint density at radius 1 is 1.14 bits per heavy atom. The van der Waals surface area contributed by atoms with Crippen LogP contribution in [0.2, 0.25) is 0 Å². The van der Waals surface area contributed by atoms with Crippen LogP contribution < -0.4 is 5.32 Å². The van der Waals surface area contributed by atoms with Crippen molar-refractivity contribution in [2.75, 3.05) is 11.9 Å². The fourth-order valence-electron chi connectivity index (χ4n) is 2.68. The Morgan fingerprint density at radius 3 is 2.64 bits per heavy atom. The molecule has 28 heavy (non-hydrogen) atoms. The van der Waals surface area contributed by atoms with Gasteiger partial charge in [-0.25, -0.2) is 0 Å². The van der Waals surface area contributed by atoms with Gasteiger partial charge in [0, 0.05) is 5.69 Å². The van der Waals surface area contributed by atoms with E-state index in [0.29, 0.717) is 9.23 Å². The van der Waals surface area contributed by atoms with E-state index < -0.39 is 0 Å². The zero-order chi connectivity index (χ0) is 20.1. The lowest BCUT2D eigenvalue weighted by Crippen LogP contribution is -2.36. The van der Waals surface area contributed by atoms with E-state index in [0.717, 1.165) is 22.4 Å². The minimum absolute atomic E-state index is 0.0994. The smallest absolute Gasteiger partial charge is 0.266 e. The van der Waals surface area contributed by atoms with Crippen molar-refractivity contribution in [1.29, 1.82) is 0 Å². The number of anilines is 1.